The standard InChI is InChI=1S/C10H13ClN2OS2/c1-16(14)6-5-13-8-4-2-3-7(11)9(8)10(12)15/h2-4,13H,5-6H2,1H3,(H2,12,15). The summed E-state index contributed by atoms with van der Waals surface area (Å²) in [6.07, 6.45) is 1.66. The number of rotatable bonds is 5. The van der Waals surface area contributed by atoms with Crippen molar-refractivity contribution in [2.45, 2.75) is 0 Å². The highest BCUT2D eigenvalue weighted by atomic mass is 35.5. The van der Waals surface area contributed by atoms with Crippen LogP contribution in [0.15, 0.2) is 18.2 Å². The van der Waals surface area contributed by atoms with Crippen LogP contribution in [0, 0.1) is 0 Å². The van der Waals surface area contributed by atoms with Crippen LogP contribution in [0.5, 0.6) is 0 Å². The van der Waals surface area contributed by atoms with Gasteiger partial charge in [0.15, 0.2) is 0 Å². The molecule has 3 nitrogen and oxygen atoms in total. The molecule has 16 heavy (non-hydrogen) atoms. The van der Waals surface area contributed by atoms with E-state index in [0.717, 1.165) is 5.69 Å². The molecule has 0 heterocycles. The average Bonchev–Trinajstić information content (AvgIpc) is 2.16. The second kappa shape index (κ2) is 6.18. The lowest BCUT2D eigenvalue weighted by Gasteiger charge is -2.11. The van der Waals surface area contributed by atoms with Crippen LogP contribution in [0.1, 0.15) is 5.56 Å². The minimum Gasteiger partial charge on any atom is -0.389 e. The van der Waals surface area contributed by atoms with Gasteiger partial charge < -0.3 is 11.1 Å². The maximum absolute atomic E-state index is 10.9. The molecule has 3 N–H and O–H groups in total. The van der Waals surface area contributed by atoms with Crippen LogP contribution in [0.25, 0.3) is 0 Å². The highest BCUT2D eigenvalue weighted by molar-refractivity contribution is 7.84. The fourth-order valence-corrected chi connectivity index (χ4v) is 2.19. The fraction of sp³-hybridized carbons (Fsp3) is 0.300. The molecule has 0 spiro atoms. The molecule has 1 unspecified atom stereocenters. The Morgan fingerprint density at radius 2 is 2.31 bits per heavy atom. The van der Waals surface area contributed by atoms with Crippen molar-refractivity contribution < 1.29 is 4.21 Å². The van der Waals surface area contributed by atoms with E-state index in [4.69, 9.17) is 29.6 Å². The number of hydrogen-bond acceptors (Lipinski definition) is 3. The summed E-state index contributed by atoms with van der Waals surface area (Å²) in [6.45, 7) is 0.596. The van der Waals surface area contributed by atoms with E-state index in [1.165, 1.54) is 0 Å². The molecule has 0 amide bonds. The highest BCUT2D eigenvalue weighted by Gasteiger charge is 2.08. The molecular weight excluding hydrogens is 264 g/mol. The Bertz CT molecular complexity index is 423. The van der Waals surface area contributed by atoms with Gasteiger partial charge in [0, 0.05) is 35.0 Å². The third-order valence-corrected chi connectivity index (χ3v) is 3.26. The first kappa shape index (κ1) is 13.4. The van der Waals surface area contributed by atoms with Crippen molar-refractivity contribution >= 4 is 45.3 Å². The van der Waals surface area contributed by atoms with Gasteiger partial charge in [-0.25, -0.2) is 0 Å². The minimum absolute atomic E-state index is 0.255. The Morgan fingerprint density at radius 1 is 1.62 bits per heavy atom. The van der Waals surface area contributed by atoms with E-state index in [9.17, 15) is 4.21 Å². The molecule has 0 aliphatic rings. The molecule has 0 saturated heterocycles. The number of hydrogen-bond donors (Lipinski definition) is 2. The molecule has 0 bridgehead atoms. The lowest BCUT2D eigenvalue weighted by atomic mass is 10.1. The van der Waals surface area contributed by atoms with Crippen LogP contribution in [-0.2, 0) is 10.8 Å². The number of nitrogens with one attached hydrogen (secondary N) is 1. The highest BCUT2D eigenvalue weighted by Crippen LogP contribution is 2.23. The zero-order valence-corrected chi connectivity index (χ0v) is 11.2. The normalized spacial score (nSPS) is 12.1. The molecule has 88 valence electrons. The van der Waals surface area contributed by atoms with Crippen molar-refractivity contribution in [1.29, 1.82) is 0 Å². The van der Waals surface area contributed by atoms with Gasteiger partial charge in [-0.3, -0.25) is 4.21 Å². The molecule has 0 radical (unpaired) electrons. The minimum atomic E-state index is -0.821. The molecular formula is C10H13ClN2OS2. The molecule has 0 fully saturated rings. The number of thiocarbonyl (C=S) groups is 1. The van der Waals surface area contributed by atoms with E-state index in [2.05, 4.69) is 5.32 Å². The van der Waals surface area contributed by atoms with Crippen LogP contribution in [0.4, 0.5) is 5.69 Å². The second-order valence-electron chi connectivity index (χ2n) is 3.23. The molecule has 1 aromatic rings. The predicted molar refractivity (Wildman–Crippen MR) is 74.8 cm³/mol. The maximum Gasteiger partial charge on any atom is 0.107 e. The van der Waals surface area contributed by atoms with Gasteiger partial charge in [-0.05, 0) is 12.1 Å². The predicted octanol–water partition coefficient (Wildman–Crippen LogP) is 1.76. The summed E-state index contributed by atoms with van der Waals surface area (Å²) in [6, 6.07) is 5.40. The van der Waals surface area contributed by atoms with Crippen LogP contribution in [0.3, 0.4) is 0 Å². The Morgan fingerprint density at radius 3 is 2.88 bits per heavy atom. The van der Waals surface area contributed by atoms with Crippen molar-refractivity contribution in [3.8, 4) is 0 Å². The second-order valence-corrected chi connectivity index (χ2v) is 5.63. The van der Waals surface area contributed by atoms with Crippen molar-refractivity contribution in [3.63, 3.8) is 0 Å². The molecule has 0 aliphatic carbocycles. The average molecular weight is 277 g/mol. The maximum atomic E-state index is 10.9. The summed E-state index contributed by atoms with van der Waals surface area (Å²) in [5.41, 5.74) is 7.02. The van der Waals surface area contributed by atoms with Crippen molar-refractivity contribution in [1.82, 2.24) is 0 Å². The van der Waals surface area contributed by atoms with Gasteiger partial charge in [0.25, 0.3) is 0 Å². The van der Waals surface area contributed by atoms with Gasteiger partial charge in [0.2, 0.25) is 0 Å². The van der Waals surface area contributed by atoms with Crippen LogP contribution < -0.4 is 11.1 Å². The molecule has 1 atom stereocenters. The van der Waals surface area contributed by atoms with Gasteiger partial charge in [-0.1, -0.05) is 29.9 Å². The summed E-state index contributed by atoms with van der Waals surface area (Å²) >= 11 is 10.9. The van der Waals surface area contributed by atoms with Crippen LogP contribution in [-0.4, -0.2) is 27.8 Å². The Balaban J connectivity index is 2.83. The van der Waals surface area contributed by atoms with E-state index >= 15 is 0 Å². The van der Waals surface area contributed by atoms with Gasteiger partial charge in [-0.15, -0.1) is 0 Å². The monoisotopic (exact) mass is 276 g/mol. The van der Waals surface area contributed by atoms with E-state index in [0.29, 0.717) is 22.9 Å². The molecule has 0 saturated carbocycles. The SMILES string of the molecule is CS(=O)CCNc1cccc(Cl)c1C(N)=S. The van der Waals surface area contributed by atoms with Gasteiger partial charge in [-0.2, -0.15) is 0 Å². The third kappa shape index (κ3) is 3.73. The van der Waals surface area contributed by atoms with Gasteiger partial charge in [0.05, 0.1) is 10.6 Å². The van der Waals surface area contributed by atoms with Crippen LogP contribution >= 0.6 is 23.8 Å². The number of halogens is 1. The lowest BCUT2D eigenvalue weighted by Crippen LogP contribution is -2.16. The lowest BCUT2D eigenvalue weighted by molar-refractivity contribution is 0.687. The molecule has 0 aliphatic heterocycles. The molecule has 6 heteroatoms. The number of benzene rings is 1. The third-order valence-electron chi connectivity index (χ3n) is 1.96. The zero-order valence-electron chi connectivity index (χ0n) is 8.83. The molecule has 1 rings (SSSR count). The van der Waals surface area contributed by atoms with Crippen molar-refractivity contribution in [2.24, 2.45) is 5.73 Å². The Labute approximate surface area is 108 Å². The Hall–Kier alpha value is -0.650. The van der Waals surface area contributed by atoms with E-state index in [-0.39, 0.29) is 4.99 Å². The van der Waals surface area contributed by atoms with Crippen molar-refractivity contribution in [3.05, 3.63) is 28.8 Å². The number of nitrogens with two attached hydrogens (primary N) is 1. The smallest absolute Gasteiger partial charge is 0.107 e. The quantitative estimate of drug-likeness (QED) is 0.805. The van der Waals surface area contributed by atoms with Gasteiger partial charge in [0.1, 0.15) is 4.99 Å². The van der Waals surface area contributed by atoms with Crippen LogP contribution in [0.2, 0.25) is 5.02 Å². The summed E-state index contributed by atoms with van der Waals surface area (Å²) in [4.78, 5) is 0.255. The zero-order chi connectivity index (χ0) is 12.1. The molecule has 0 aromatic heterocycles. The first-order chi connectivity index (χ1) is 7.52. The van der Waals surface area contributed by atoms with E-state index in [1.807, 2.05) is 12.1 Å². The summed E-state index contributed by atoms with van der Waals surface area (Å²) in [5, 5.41) is 3.65. The summed E-state index contributed by atoms with van der Waals surface area (Å²) in [5.74, 6) is 0.573. The van der Waals surface area contributed by atoms with E-state index < -0.39 is 10.8 Å². The largest absolute Gasteiger partial charge is 0.389 e. The summed E-state index contributed by atoms with van der Waals surface area (Å²) < 4.78 is 10.9. The Kier molecular flexibility index (Phi) is 5.18. The first-order valence-corrected chi connectivity index (χ1v) is 7.16. The summed E-state index contributed by atoms with van der Waals surface area (Å²) in [7, 11) is -0.821. The number of anilines is 1. The van der Waals surface area contributed by atoms with Gasteiger partial charge >= 0.3 is 0 Å². The topological polar surface area (TPSA) is 55.1 Å². The van der Waals surface area contributed by atoms with E-state index in [1.54, 1.807) is 12.3 Å². The molecule has 1 aromatic carbocycles. The first-order valence-electron chi connectivity index (χ1n) is 4.64. The van der Waals surface area contributed by atoms with Crippen molar-refractivity contribution in [2.75, 3.05) is 23.9 Å². The fourth-order valence-electron chi connectivity index (χ4n) is 1.25.